The van der Waals surface area contributed by atoms with Gasteiger partial charge in [0.25, 0.3) is 0 Å². The summed E-state index contributed by atoms with van der Waals surface area (Å²) in [7, 11) is 0. The molecule has 0 aromatic carbocycles. The van der Waals surface area contributed by atoms with Crippen molar-refractivity contribution in [3.63, 3.8) is 0 Å². The molecule has 1 nitrogen and oxygen atoms in total. The van der Waals surface area contributed by atoms with Crippen molar-refractivity contribution in [1.82, 2.24) is 0 Å². The minimum absolute atomic E-state index is 0.774. The lowest BCUT2D eigenvalue weighted by Crippen LogP contribution is -2.01. The first-order valence-corrected chi connectivity index (χ1v) is 9.78. The molecule has 0 N–H and O–H groups in total. The van der Waals surface area contributed by atoms with Gasteiger partial charge < -0.3 is 4.79 Å². The van der Waals surface area contributed by atoms with Gasteiger partial charge in [-0.1, -0.05) is 104 Å². The molecule has 0 aliphatic rings. The Kier molecular flexibility index (Phi) is 17.4. The van der Waals surface area contributed by atoms with E-state index in [1.807, 2.05) is 0 Å². The van der Waals surface area contributed by atoms with E-state index < -0.39 is 0 Å². The van der Waals surface area contributed by atoms with Crippen LogP contribution in [0.4, 0.5) is 0 Å². The van der Waals surface area contributed by atoms with Gasteiger partial charge in [0.2, 0.25) is 0 Å². The van der Waals surface area contributed by atoms with Crippen molar-refractivity contribution in [3.05, 3.63) is 0 Å². The summed E-state index contributed by atoms with van der Waals surface area (Å²) in [5, 5.41) is 0. The molecule has 0 saturated carbocycles. The van der Waals surface area contributed by atoms with Crippen molar-refractivity contribution in [3.8, 4) is 0 Å². The van der Waals surface area contributed by atoms with Crippen molar-refractivity contribution in [1.29, 1.82) is 0 Å². The van der Waals surface area contributed by atoms with Gasteiger partial charge in [-0.15, -0.1) is 0 Å². The van der Waals surface area contributed by atoms with Crippen LogP contribution in [0.25, 0.3) is 0 Å². The number of unbranched alkanes of at least 4 members (excludes halogenated alkanes) is 10. The Balaban J connectivity index is 3.57. The van der Waals surface area contributed by atoms with E-state index in [-0.39, 0.29) is 0 Å². The average Bonchev–Trinajstić information content (AvgIpc) is 2.50. The van der Waals surface area contributed by atoms with Crippen LogP contribution in [-0.2, 0) is 4.79 Å². The molecule has 21 heavy (non-hydrogen) atoms. The first-order valence-electron chi connectivity index (χ1n) is 9.78. The first-order chi connectivity index (χ1) is 10.3. The molecule has 0 heterocycles. The molecule has 0 bridgehead atoms. The molecule has 1 atom stereocenters. The molecule has 1 unspecified atom stereocenters. The van der Waals surface area contributed by atoms with E-state index in [4.69, 9.17) is 0 Å². The zero-order valence-electron chi connectivity index (χ0n) is 14.9. The highest BCUT2D eigenvalue weighted by atomic mass is 16.1. The van der Waals surface area contributed by atoms with E-state index in [1.54, 1.807) is 0 Å². The number of carbonyl (C=O) groups is 1. The first kappa shape index (κ1) is 20.7. The maximum atomic E-state index is 10.6. The summed E-state index contributed by atoms with van der Waals surface area (Å²) >= 11 is 0. The van der Waals surface area contributed by atoms with Crippen LogP contribution in [0.15, 0.2) is 0 Å². The minimum atomic E-state index is 0.774. The van der Waals surface area contributed by atoms with Gasteiger partial charge in [0.15, 0.2) is 0 Å². The highest BCUT2D eigenvalue weighted by Gasteiger charge is 2.08. The normalized spacial score (nSPS) is 12.5. The third kappa shape index (κ3) is 15.9. The Labute approximate surface area is 134 Å². The van der Waals surface area contributed by atoms with Crippen LogP contribution in [0.3, 0.4) is 0 Å². The molecule has 1 heteroatoms. The largest absolute Gasteiger partial charge is 0.303 e. The van der Waals surface area contributed by atoms with Crippen molar-refractivity contribution >= 4 is 6.29 Å². The molecule has 0 radical (unpaired) electrons. The second-order valence-electron chi connectivity index (χ2n) is 6.72. The van der Waals surface area contributed by atoms with Gasteiger partial charge in [-0.2, -0.15) is 0 Å². The second-order valence-corrected chi connectivity index (χ2v) is 6.72. The summed E-state index contributed by atoms with van der Waals surface area (Å²) in [4.78, 5) is 10.6. The standard InChI is InChI=1S/C20H40O/c1-3-5-7-9-10-12-14-17-20(18-15-19-21)16-13-11-8-6-4-2/h19-20H,3-18H2,1-2H3. The molecular formula is C20H40O. The van der Waals surface area contributed by atoms with Crippen LogP contribution in [0, 0.1) is 5.92 Å². The lowest BCUT2D eigenvalue weighted by Gasteiger charge is -2.15. The zero-order valence-corrected chi connectivity index (χ0v) is 14.9. The molecule has 0 rings (SSSR count). The van der Waals surface area contributed by atoms with Crippen LogP contribution < -0.4 is 0 Å². The molecule has 0 aromatic heterocycles. The third-order valence-electron chi connectivity index (χ3n) is 4.62. The summed E-state index contributed by atoms with van der Waals surface area (Å²) < 4.78 is 0. The monoisotopic (exact) mass is 296 g/mol. The van der Waals surface area contributed by atoms with Gasteiger partial charge in [0.05, 0.1) is 0 Å². The van der Waals surface area contributed by atoms with Gasteiger partial charge in [-0.25, -0.2) is 0 Å². The molecule has 0 fully saturated rings. The van der Waals surface area contributed by atoms with Gasteiger partial charge in [-0.05, 0) is 12.3 Å². The molecular weight excluding hydrogens is 256 g/mol. The smallest absolute Gasteiger partial charge is 0.120 e. The predicted octanol–water partition coefficient (Wildman–Crippen LogP) is 7.08. The number of hydrogen-bond donors (Lipinski definition) is 0. The van der Waals surface area contributed by atoms with E-state index in [0.717, 1.165) is 25.0 Å². The molecule has 0 aromatic rings. The van der Waals surface area contributed by atoms with Gasteiger partial charge in [0.1, 0.15) is 6.29 Å². The lowest BCUT2D eigenvalue weighted by molar-refractivity contribution is -0.108. The second kappa shape index (κ2) is 17.7. The highest BCUT2D eigenvalue weighted by molar-refractivity contribution is 5.49. The summed E-state index contributed by atoms with van der Waals surface area (Å²) in [6.45, 7) is 4.55. The van der Waals surface area contributed by atoms with Crippen molar-refractivity contribution in [2.24, 2.45) is 5.92 Å². The van der Waals surface area contributed by atoms with Crippen molar-refractivity contribution < 1.29 is 4.79 Å². The Morgan fingerprint density at radius 1 is 0.619 bits per heavy atom. The molecule has 0 aliphatic heterocycles. The Bertz CT molecular complexity index is 200. The van der Waals surface area contributed by atoms with Crippen molar-refractivity contribution in [2.75, 3.05) is 0 Å². The average molecular weight is 297 g/mol. The molecule has 0 spiro atoms. The summed E-state index contributed by atoms with van der Waals surface area (Å²) in [6.07, 6.45) is 22.4. The van der Waals surface area contributed by atoms with E-state index >= 15 is 0 Å². The number of carbonyl (C=O) groups excluding carboxylic acids is 1. The van der Waals surface area contributed by atoms with Crippen LogP contribution in [0.1, 0.15) is 117 Å². The van der Waals surface area contributed by atoms with Gasteiger partial charge >= 0.3 is 0 Å². The zero-order chi connectivity index (χ0) is 15.6. The van der Waals surface area contributed by atoms with Crippen molar-refractivity contribution in [2.45, 2.75) is 117 Å². The number of rotatable bonds is 17. The summed E-state index contributed by atoms with van der Waals surface area (Å²) in [5.41, 5.74) is 0. The van der Waals surface area contributed by atoms with Crippen LogP contribution >= 0.6 is 0 Å². The third-order valence-corrected chi connectivity index (χ3v) is 4.62. The predicted molar refractivity (Wildman–Crippen MR) is 94.8 cm³/mol. The quantitative estimate of drug-likeness (QED) is 0.207. The molecule has 0 saturated heterocycles. The number of hydrogen-bond acceptors (Lipinski definition) is 1. The van der Waals surface area contributed by atoms with Gasteiger partial charge in [-0.3, -0.25) is 0 Å². The summed E-state index contributed by atoms with van der Waals surface area (Å²) in [5.74, 6) is 0.812. The highest BCUT2D eigenvalue weighted by Crippen LogP contribution is 2.22. The maximum Gasteiger partial charge on any atom is 0.120 e. The topological polar surface area (TPSA) is 17.1 Å². The van der Waals surface area contributed by atoms with E-state index in [2.05, 4.69) is 13.8 Å². The number of aldehydes is 1. The van der Waals surface area contributed by atoms with E-state index in [1.165, 1.54) is 89.9 Å². The Hall–Kier alpha value is -0.330. The molecule has 126 valence electrons. The van der Waals surface area contributed by atoms with E-state index in [0.29, 0.717) is 0 Å². The van der Waals surface area contributed by atoms with Crippen LogP contribution in [0.5, 0.6) is 0 Å². The lowest BCUT2D eigenvalue weighted by atomic mass is 9.90. The Morgan fingerprint density at radius 2 is 1.05 bits per heavy atom. The Morgan fingerprint density at radius 3 is 1.48 bits per heavy atom. The fourth-order valence-electron chi connectivity index (χ4n) is 3.16. The molecule has 0 amide bonds. The fraction of sp³-hybridized carbons (Fsp3) is 0.950. The SMILES string of the molecule is CCCCCCCCCC(CCC=O)CCCCCCC. The van der Waals surface area contributed by atoms with Gasteiger partial charge in [0, 0.05) is 6.42 Å². The fourth-order valence-corrected chi connectivity index (χ4v) is 3.16. The minimum Gasteiger partial charge on any atom is -0.303 e. The maximum absolute atomic E-state index is 10.6. The summed E-state index contributed by atoms with van der Waals surface area (Å²) in [6, 6.07) is 0. The van der Waals surface area contributed by atoms with Crippen LogP contribution in [0.2, 0.25) is 0 Å². The molecule has 0 aliphatic carbocycles. The van der Waals surface area contributed by atoms with E-state index in [9.17, 15) is 4.79 Å². The van der Waals surface area contributed by atoms with Crippen LogP contribution in [-0.4, -0.2) is 6.29 Å².